The Morgan fingerprint density at radius 2 is 0.923 bits per heavy atom. The summed E-state index contributed by atoms with van der Waals surface area (Å²) in [6.45, 7) is 20.0. The highest BCUT2D eigenvalue weighted by Crippen LogP contribution is 2.35. The maximum absolute atomic E-state index is 4.98. The number of aromatic nitrogens is 2. The van der Waals surface area contributed by atoms with E-state index in [0.717, 1.165) is 35.0 Å². The molecule has 1 aliphatic rings. The first-order chi connectivity index (χ1) is 12.1. The lowest BCUT2D eigenvalue weighted by molar-refractivity contribution is 1.04. The predicted octanol–water partition coefficient (Wildman–Crippen LogP) is 5.22. The molecule has 3 heterocycles. The van der Waals surface area contributed by atoms with Gasteiger partial charge in [-0.1, -0.05) is 0 Å². The van der Waals surface area contributed by atoms with Gasteiger partial charge in [-0.3, -0.25) is 15.0 Å². The highest BCUT2D eigenvalue weighted by molar-refractivity contribution is 6.20. The van der Waals surface area contributed by atoms with E-state index in [0.29, 0.717) is 0 Å². The van der Waals surface area contributed by atoms with Crippen LogP contribution in [0, 0.1) is 55.4 Å². The number of hydrogen-bond donors (Lipinski definition) is 0. The zero-order valence-electron chi connectivity index (χ0n) is 17.5. The molecular formula is C23H29N3. The van der Waals surface area contributed by atoms with Crippen LogP contribution in [0.4, 0.5) is 0 Å². The number of rotatable bonds is 2. The van der Waals surface area contributed by atoms with Crippen LogP contribution < -0.4 is 0 Å². The van der Waals surface area contributed by atoms with Gasteiger partial charge in [-0.05, 0) is 101 Å². The lowest BCUT2D eigenvalue weighted by Gasteiger charge is -2.17. The molecule has 0 radical (unpaired) electrons. The summed E-state index contributed by atoms with van der Waals surface area (Å²) in [5.74, 6) is 0. The Hall–Kier alpha value is -2.29. The first-order valence-electron chi connectivity index (χ1n) is 9.29. The molecule has 0 unspecified atom stereocenters. The van der Waals surface area contributed by atoms with Crippen LogP contribution in [0.25, 0.3) is 5.57 Å². The third kappa shape index (κ3) is 2.70. The minimum atomic E-state index is 0.741. The molecule has 0 saturated carbocycles. The molecule has 0 N–H and O–H groups in total. The Labute approximate surface area is 157 Å². The molecule has 0 amide bonds. The van der Waals surface area contributed by atoms with E-state index in [2.05, 4.69) is 67.3 Å². The van der Waals surface area contributed by atoms with E-state index >= 15 is 0 Å². The van der Waals surface area contributed by atoms with E-state index in [1.807, 2.05) is 0 Å². The van der Waals surface area contributed by atoms with Crippen molar-refractivity contribution in [1.82, 2.24) is 9.97 Å². The Balaban J connectivity index is 2.23. The van der Waals surface area contributed by atoms with Gasteiger partial charge in [-0.15, -0.1) is 0 Å². The molecule has 26 heavy (non-hydrogen) atoms. The van der Waals surface area contributed by atoms with Crippen molar-refractivity contribution in [3.63, 3.8) is 0 Å². The average Bonchev–Trinajstić information content (AvgIpc) is 2.94. The molecule has 2 aromatic rings. The molecule has 0 spiro atoms. The Morgan fingerprint density at radius 1 is 0.538 bits per heavy atom. The minimum absolute atomic E-state index is 0.741. The van der Waals surface area contributed by atoms with Gasteiger partial charge < -0.3 is 0 Å². The van der Waals surface area contributed by atoms with Gasteiger partial charge >= 0.3 is 0 Å². The van der Waals surface area contributed by atoms with Crippen molar-refractivity contribution in [1.29, 1.82) is 0 Å². The van der Waals surface area contributed by atoms with E-state index in [1.165, 1.54) is 44.5 Å². The number of pyridine rings is 2. The number of aryl methyl sites for hydroxylation is 4. The average molecular weight is 348 g/mol. The summed E-state index contributed by atoms with van der Waals surface area (Å²) in [7, 11) is 0. The van der Waals surface area contributed by atoms with Gasteiger partial charge in [0.2, 0.25) is 0 Å². The fourth-order valence-corrected chi connectivity index (χ4v) is 4.00. The highest BCUT2D eigenvalue weighted by atomic mass is 14.8. The van der Waals surface area contributed by atoms with Gasteiger partial charge in [0.25, 0.3) is 0 Å². The topological polar surface area (TPSA) is 38.1 Å². The third-order valence-electron chi connectivity index (χ3n) is 6.08. The molecule has 3 heteroatoms. The van der Waals surface area contributed by atoms with Crippen molar-refractivity contribution < 1.29 is 0 Å². The second-order valence-corrected chi connectivity index (χ2v) is 7.58. The van der Waals surface area contributed by atoms with Crippen molar-refractivity contribution >= 4 is 11.3 Å². The van der Waals surface area contributed by atoms with Crippen LogP contribution in [0.3, 0.4) is 0 Å². The molecule has 1 aliphatic heterocycles. The minimum Gasteiger partial charge on any atom is -0.280 e. The normalized spacial score (nSPS) is 14.3. The lowest BCUT2D eigenvalue weighted by Crippen LogP contribution is -2.11. The second kappa shape index (κ2) is 6.46. The van der Waals surface area contributed by atoms with Crippen molar-refractivity contribution in [3.05, 3.63) is 61.7 Å². The van der Waals surface area contributed by atoms with Crippen LogP contribution in [-0.4, -0.2) is 22.2 Å². The standard InChI is InChI=1S/C23H29N3/c1-11-16(6)25-17(7)12(2)21(11)20-10-24-23(15(20)5)22-13(3)18(8)26-19(9)14(22)4/h10H2,1-9H3. The first-order valence-corrected chi connectivity index (χ1v) is 9.29. The van der Waals surface area contributed by atoms with Crippen LogP contribution in [0.2, 0.25) is 0 Å². The van der Waals surface area contributed by atoms with E-state index in [9.17, 15) is 0 Å². The lowest BCUT2D eigenvalue weighted by atomic mass is 9.88. The summed E-state index contributed by atoms with van der Waals surface area (Å²) >= 11 is 0. The maximum atomic E-state index is 4.98. The summed E-state index contributed by atoms with van der Waals surface area (Å²) in [5, 5.41) is 0. The Kier molecular flexibility index (Phi) is 4.60. The fraction of sp³-hybridized carbons (Fsp3) is 0.435. The van der Waals surface area contributed by atoms with Gasteiger partial charge in [0.05, 0.1) is 12.3 Å². The first kappa shape index (κ1) is 18.5. The predicted molar refractivity (Wildman–Crippen MR) is 110 cm³/mol. The third-order valence-corrected chi connectivity index (χ3v) is 6.08. The molecule has 0 atom stereocenters. The van der Waals surface area contributed by atoms with Gasteiger partial charge in [0.15, 0.2) is 0 Å². The number of nitrogens with zero attached hydrogens (tertiary/aromatic N) is 3. The van der Waals surface area contributed by atoms with Gasteiger partial charge in [0.1, 0.15) is 0 Å². The zero-order chi connectivity index (χ0) is 19.3. The van der Waals surface area contributed by atoms with Gasteiger partial charge in [0, 0.05) is 28.3 Å². The summed E-state index contributed by atoms with van der Waals surface area (Å²) < 4.78 is 0. The van der Waals surface area contributed by atoms with Crippen LogP contribution >= 0.6 is 0 Å². The molecule has 2 aromatic heterocycles. The number of allylic oxidation sites excluding steroid dienone is 1. The largest absolute Gasteiger partial charge is 0.280 e. The molecule has 0 fully saturated rings. The molecule has 0 bridgehead atoms. The summed E-state index contributed by atoms with van der Waals surface area (Å²) in [6, 6.07) is 0. The molecule has 3 rings (SSSR count). The van der Waals surface area contributed by atoms with E-state index < -0.39 is 0 Å². The molecule has 0 aliphatic carbocycles. The van der Waals surface area contributed by atoms with Crippen LogP contribution in [0.1, 0.15) is 63.1 Å². The smallest absolute Gasteiger partial charge is 0.0690 e. The van der Waals surface area contributed by atoms with Crippen molar-refractivity contribution in [2.45, 2.75) is 62.3 Å². The van der Waals surface area contributed by atoms with E-state index in [1.54, 1.807) is 0 Å². The summed E-state index contributed by atoms with van der Waals surface area (Å²) in [5.41, 5.74) is 15.8. The molecule has 0 aromatic carbocycles. The van der Waals surface area contributed by atoms with Gasteiger partial charge in [-0.2, -0.15) is 0 Å². The molecular weight excluding hydrogens is 318 g/mol. The molecule has 136 valence electrons. The number of hydrogen-bond acceptors (Lipinski definition) is 3. The number of aliphatic imine (C=N–C) groups is 1. The SMILES string of the molecule is CC1=C(c2c(C)c(C)nc(C)c2C)CN=C1c1c(C)c(C)nc(C)c1C. The summed E-state index contributed by atoms with van der Waals surface area (Å²) in [4.78, 5) is 14.4. The van der Waals surface area contributed by atoms with Crippen molar-refractivity contribution in [2.75, 3.05) is 6.54 Å². The molecule has 3 nitrogen and oxygen atoms in total. The summed E-state index contributed by atoms with van der Waals surface area (Å²) in [6.07, 6.45) is 0. The quantitative estimate of drug-likeness (QED) is 0.747. The van der Waals surface area contributed by atoms with Crippen molar-refractivity contribution in [3.8, 4) is 0 Å². The Bertz CT molecular complexity index is 872. The van der Waals surface area contributed by atoms with E-state index in [-0.39, 0.29) is 0 Å². The van der Waals surface area contributed by atoms with Gasteiger partial charge in [-0.25, -0.2) is 0 Å². The highest BCUT2D eigenvalue weighted by Gasteiger charge is 2.25. The van der Waals surface area contributed by atoms with E-state index in [4.69, 9.17) is 9.98 Å². The van der Waals surface area contributed by atoms with Crippen molar-refractivity contribution in [2.24, 2.45) is 4.99 Å². The second-order valence-electron chi connectivity index (χ2n) is 7.58. The zero-order valence-corrected chi connectivity index (χ0v) is 17.5. The fourth-order valence-electron chi connectivity index (χ4n) is 4.00. The molecule has 0 saturated heterocycles. The maximum Gasteiger partial charge on any atom is 0.0690 e. The van der Waals surface area contributed by atoms with Crippen LogP contribution in [-0.2, 0) is 0 Å². The van der Waals surface area contributed by atoms with Crippen LogP contribution in [0.15, 0.2) is 10.6 Å². The monoisotopic (exact) mass is 347 g/mol. The Morgan fingerprint density at radius 3 is 1.35 bits per heavy atom. The van der Waals surface area contributed by atoms with Crippen LogP contribution in [0.5, 0.6) is 0 Å².